The van der Waals surface area contributed by atoms with Crippen molar-refractivity contribution in [1.82, 2.24) is 29.7 Å². The average Bonchev–Trinajstić information content (AvgIpc) is 1.65. The summed E-state index contributed by atoms with van der Waals surface area (Å²) in [7, 11) is 0. The molecule has 0 saturated heterocycles. The van der Waals surface area contributed by atoms with Crippen LogP contribution >= 0.6 is 0 Å². The first-order valence-electron chi connectivity index (χ1n) is 35.7. The van der Waals surface area contributed by atoms with Gasteiger partial charge in [-0.15, -0.1) is 0 Å². The number of amidine groups is 1. The summed E-state index contributed by atoms with van der Waals surface area (Å²) in [5.41, 5.74) is 19.4. The molecule has 3 aromatic heterocycles. The fourth-order valence-electron chi connectivity index (χ4n) is 11.2. The first-order chi connectivity index (χ1) is 50.0. The molecule has 3 aromatic carbocycles. The third kappa shape index (κ3) is 29.9. The van der Waals surface area contributed by atoms with Crippen LogP contribution < -0.4 is 73.5 Å². The summed E-state index contributed by atoms with van der Waals surface area (Å²) in [6, 6.07) is 25.6. The Labute approximate surface area is 674 Å². The Kier molecular flexibility index (Phi) is 37.3. The number of nitrogens with two attached hydrogens (primary N) is 2. The monoisotopic (exact) mass is 1490 g/mol. The molecule has 24 nitrogen and oxygen atoms in total. The molecule has 0 unspecified atom stereocenters. The van der Waals surface area contributed by atoms with E-state index in [0.717, 1.165) is 44.1 Å². The zero-order valence-corrected chi connectivity index (χ0v) is 66.7. The van der Waals surface area contributed by atoms with Gasteiger partial charge >= 0.3 is 69.3 Å². The summed E-state index contributed by atoms with van der Waals surface area (Å²) in [6.45, 7) is 27.1. The van der Waals surface area contributed by atoms with Crippen LogP contribution in [0.4, 0.5) is 34.1 Å². The van der Waals surface area contributed by atoms with Crippen LogP contribution in [-0.2, 0) is 33.4 Å². The van der Waals surface area contributed by atoms with Crippen molar-refractivity contribution in [2.45, 2.75) is 172 Å². The van der Waals surface area contributed by atoms with Crippen LogP contribution in [0, 0.1) is 0 Å². The van der Waals surface area contributed by atoms with Crippen molar-refractivity contribution in [3.63, 3.8) is 0 Å². The van der Waals surface area contributed by atoms with Gasteiger partial charge in [-0.25, -0.2) is 9.79 Å². The molecule has 6 heterocycles. The third-order valence-corrected chi connectivity index (χ3v) is 15.5. The second-order valence-corrected chi connectivity index (χ2v) is 27.2. The number of fused-ring (bicyclic) bond motifs is 3. The number of amides is 5. The number of rotatable bonds is 24. The normalized spacial score (nSPS) is 12.6. The first-order valence-corrected chi connectivity index (χ1v) is 35.7. The summed E-state index contributed by atoms with van der Waals surface area (Å²) in [5, 5.41) is 15.0. The van der Waals surface area contributed by atoms with E-state index in [0.29, 0.717) is 130 Å². The van der Waals surface area contributed by atoms with Gasteiger partial charge in [0.1, 0.15) is 17.0 Å². The van der Waals surface area contributed by atoms with Gasteiger partial charge in [0.15, 0.2) is 0 Å². The van der Waals surface area contributed by atoms with Crippen molar-refractivity contribution < 1.29 is 106 Å². The summed E-state index contributed by atoms with van der Waals surface area (Å²) in [4.78, 5) is 133. The molecular formula is C82H106KN13O11. The van der Waals surface area contributed by atoms with Crippen LogP contribution in [-0.4, -0.2) is 150 Å². The minimum absolute atomic E-state index is 0. The molecular weight excluding hydrogens is 1380 g/mol. The number of ether oxygens (including phenoxy) is 2. The largest absolute Gasteiger partial charge is 1.00 e. The number of hydrogen-bond donors (Lipinski definition) is 5. The van der Waals surface area contributed by atoms with Crippen LogP contribution in [0.3, 0.4) is 0 Å². The van der Waals surface area contributed by atoms with Crippen molar-refractivity contribution in [1.29, 1.82) is 0 Å². The summed E-state index contributed by atoms with van der Waals surface area (Å²) >= 11 is 0. The molecule has 0 spiro atoms. The molecule has 0 fully saturated rings. The average molecular weight is 1490 g/mol. The van der Waals surface area contributed by atoms with Crippen LogP contribution in [0.5, 0.6) is 0 Å². The minimum atomic E-state index is -1.06. The summed E-state index contributed by atoms with van der Waals surface area (Å²) < 4.78 is 10.9. The number of carboxylic acid groups (broad SMARTS) is 1. The predicted octanol–water partition coefficient (Wildman–Crippen LogP) is 12.4. The standard InChI is InChI=1S/C29H36N4O4.C24H32N2O5.C23H27N5O2.C5H6N2.CH4.K.H/c1-6-13-33(14-7-2)28(36)22-15-20-10-11-21(27(35)32-23-9-8-12-30-19-23)17-25(20)31-24(16-22)18-26(34)37-29(3,4)5;1-6-10-26(11-7-2)22(28)18-12-16-8-9-17(23(29)30)14-20(16)25-19(13-18)15-21(27)31-24(3,4)5;1-3-10-28(11-4-2)23(30)18-12-16-7-8-17(13-20(16)27-21(24)14-18)22(29)26-19-6-5-9-25-15-19;6-5-2-1-3-7-4-5;;;/h8-12,15,17,19H,6-7,13-14,16,18H2,1-5H3,(H,32,35);8-9,12,14H,6-7,10-11,13,15H2,1-5H3,(H,29,30);5-9,12-13,15H,3-4,10-11,14H2,1-2H3,(H2,24,27)(H,26,29);1-4H,6H2;1H4;;/q;;;;;+1;-1. The minimum Gasteiger partial charge on any atom is -1.00 e. The van der Waals surface area contributed by atoms with Crippen LogP contribution in [0.1, 0.15) is 210 Å². The maximum atomic E-state index is 13.5. The fraction of sp³-hybridized carbons (Fsp3) is 0.390. The maximum absolute atomic E-state index is 13.5. The Balaban J connectivity index is 0.000000397. The molecule has 7 N–H and O–H groups in total. The van der Waals surface area contributed by atoms with Gasteiger partial charge in [0, 0.05) is 139 Å². The molecule has 107 heavy (non-hydrogen) atoms. The van der Waals surface area contributed by atoms with Crippen molar-refractivity contribution in [2.75, 3.05) is 55.6 Å². The van der Waals surface area contributed by atoms with Crippen LogP contribution in [0.2, 0.25) is 0 Å². The molecule has 0 aliphatic carbocycles. The van der Waals surface area contributed by atoms with E-state index in [2.05, 4.69) is 49.4 Å². The number of benzene rings is 3. The summed E-state index contributed by atoms with van der Waals surface area (Å²) in [5.74, 6) is -2.28. The molecule has 3 aliphatic rings. The van der Waals surface area contributed by atoms with E-state index in [9.17, 15) is 43.5 Å². The van der Waals surface area contributed by atoms with Crippen LogP contribution in [0.15, 0.2) is 160 Å². The quantitative estimate of drug-likeness (QED) is 0.0278. The van der Waals surface area contributed by atoms with Gasteiger partial charge in [-0.2, -0.15) is 0 Å². The Hall–Kier alpha value is -9.66. The van der Waals surface area contributed by atoms with E-state index >= 15 is 0 Å². The molecule has 5 amide bonds. The first kappa shape index (κ1) is 89.7. The smallest absolute Gasteiger partial charge is 1.00 e. The van der Waals surface area contributed by atoms with Crippen LogP contribution in [0.25, 0.3) is 18.2 Å². The molecule has 6 aromatic rings. The van der Waals surface area contributed by atoms with Gasteiger partial charge in [0.2, 0.25) is 17.7 Å². The Morgan fingerprint density at radius 1 is 0.467 bits per heavy atom. The van der Waals surface area contributed by atoms with E-state index in [1.807, 2.05) is 75.3 Å². The van der Waals surface area contributed by atoms with E-state index in [1.165, 1.54) is 12.1 Å². The molecule has 566 valence electrons. The number of nitrogens with zero attached hydrogens (tertiary/aromatic N) is 9. The molecule has 0 bridgehead atoms. The molecule has 3 aliphatic heterocycles. The number of nitrogen functional groups attached to an aromatic ring is 1. The van der Waals surface area contributed by atoms with Gasteiger partial charge in [0.25, 0.3) is 11.8 Å². The SMILES string of the molecule is C.CCCN(CCC)C(=O)C1=Cc2ccc(C(=O)Nc3cccnc3)cc2N=C(CC(=O)OC(C)(C)C)C1.CCCN(CCC)C(=O)C1=Cc2ccc(C(=O)Nc3cccnc3)cc2N=C(N)C1.CCCN(CCC)C(=O)C1=Cc2ccc(C(=O)O)cc2N=C(CC(=O)OC(C)(C)C)C1.Nc1cccnc1.[H-].[K+]. The van der Waals surface area contributed by atoms with E-state index in [-0.39, 0.29) is 127 Å². The van der Waals surface area contributed by atoms with E-state index in [1.54, 1.807) is 143 Å². The number of aromatic carboxylic acids is 1. The van der Waals surface area contributed by atoms with Gasteiger partial charge in [0.05, 0.1) is 64.9 Å². The number of carbonyl (C=O) groups excluding carboxylic acids is 7. The number of anilines is 3. The molecule has 0 atom stereocenters. The number of nitrogens with one attached hydrogen (secondary N) is 2. The van der Waals surface area contributed by atoms with Crippen molar-refractivity contribution in [2.24, 2.45) is 20.7 Å². The Morgan fingerprint density at radius 2 is 0.794 bits per heavy atom. The van der Waals surface area contributed by atoms with Gasteiger partial charge in [-0.05, 0) is 171 Å². The van der Waals surface area contributed by atoms with E-state index in [4.69, 9.17) is 25.9 Å². The number of pyridine rings is 3. The van der Waals surface area contributed by atoms with Gasteiger partial charge < -0.3 is 52.8 Å². The maximum Gasteiger partial charge on any atom is 1.00 e. The predicted molar refractivity (Wildman–Crippen MR) is 423 cm³/mol. The second-order valence-electron chi connectivity index (χ2n) is 27.2. The number of esters is 2. The zero-order chi connectivity index (χ0) is 76.8. The third-order valence-electron chi connectivity index (χ3n) is 15.5. The number of aromatic nitrogens is 3. The number of hydrogen-bond acceptors (Lipinski definition) is 18. The van der Waals surface area contributed by atoms with Crippen molar-refractivity contribution >= 4 is 117 Å². The van der Waals surface area contributed by atoms with Gasteiger partial charge in [-0.1, -0.05) is 67.2 Å². The molecule has 0 saturated carbocycles. The Morgan fingerprint density at radius 3 is 1.09 bits per heavy atom. The Bertz CT molecular complexity index is 4210. The van der Waals surface area contributed by atoms with E-state index < -0.39 is 29.1 Å². The van der Waals surface area contributed by atoms with Crippen molar-refractivity contribution in [3.8, 4) is 0 Å². The summed E-state index contributed by atoms with van der Waals surface area (Å²) in [6.07, 6.45) is 20.9. The molecule has 25 heteroatoms. The second kappa shape index (κ2) is 44.5. The topological polar surface area (TPSA) is 337 Å². The molecule has 9 rings (SSSR count). The number of carboxylic acids is 1. The fourth-order valence-corrected chi connectivity index (χ4v) is 11.2. The van der Waals surface area contributed by atoms with Crippen molar-refractivity contribution in [3.05, 3.63) is 178 Å². The zero-order valence-electron chi connectivity index (χ0n) is 64.6. The number of carbonyl (C=O) groups is 8. The van der Waals surface area contributed by atoms with Gasteiger partial charge in [-0.3, -0.25) is 58.5 Å². The number of aliphatic imine (C=N–C) groups is 3. The molecule has 0 radical (unpaired) electrons.